The minimum Gasteiger partial charge on any atom is -0.383 e. The normalized spacial score (nSPS) is 14.5. The Bertz CT molecular complexity index is 1060. The highest BCUT2D eigenvalue weighted by atomic mass is 16.5. The van der Waals surface area contributed by atoms with Gasteiger partial charge in [-0.25, -0.2) is 4.79 Å². The molecule has 28 heavy (non-hydrogen) atoms. The van der Waals surface area contributed by atoms with Gasteiger partial charge in [-0.3, -0.25) is 14.3 Å². The van der Waals surface area contributed by atoms with Gasteiger partial charge < -0.3 is 20.1 Å². The van der Waals surface area contributed by atoms with Crippen LogP contribution in [0.3, 0.4) is 0 Å². The first-order valence-corrected chi connectivity index (χ1v) is 8.94. The first-order chi connectivity index (χ1) is 13.5. The minimum atomic E-state index is -0.475. The third-order valence-electron chi connectivity index (χ3n) is 5.04. The van der Waals surface area contributed by atoms with Crippen molar-refractivity contribution in [2.75, 3.05) is 36.8 Å². The number of rotatable bonds is 3. The molecular weight excluding hydrogens is 362 g/mol. The van der Waals surface area contributed by atoms with Crippen molar-refractivity contribution in [1.29, 1.82) is 0 Å². The van der Waals surface area contributed by atoms with Crippen LogP contribution in [-0.4, -0.2) is 56.7 Å². The summed E-state index contributed by atoms with van der Waals surface area (Å²) in [6.45, 7) is 6.13. The van der Waals surface area contributed by atoms with E-state index in [9.17, 15) is 9.59 Å². The molecule has 0 atom stereocenters. The predicted molar refractivity (Wildman–Crippen MR) is 103 cm³/mol. The molecule has 0 radical (unpaired) electrons. The molecule has 146 valence electrons. The van der Waals surface area contributed by atoms with Crippen LogP contribution >= 0.6 is 0 Å². The third kappa shape index (κ3) is 3.02. The molecule has 1 amide bonds. The fraction of sp³-hybridized carbons (Fsp3) is 0.333. The molecule has 0 aromatic carbocycles. The number of nitrogens with one attached hydrogen (secondary N) is 1. The van der Waals surface area contributed by atoms with Gasteiger partial charge in [0.25, 0.3) is 5.91 Å². The zero-order chi connectivity index (χ0) is 19.8. The summed E-state index contributed by atoms with van der Waals surface area (Å²) >= 11 is 0. The van der Waals surface area contributed by atoms with Crippen molar-refractivity contribution in [2.45, 2.75) is 13.8 Å². The molecule has 10 heteroatoms. The van der Waals surface area contributed by atoms with Gasteiger partial charge in [-0.1, -0.05) is 5.16 Å². The zero-order valence-corrected chi connectivity index (χ0v) is 15.7. The average Bonchev–Trinajstić information content (AvgIpc) is 3.29. The zero-order valence-electron chi connectivity index (χ0n) is 15.7. The number of hydrogen-bond acceptors (Lipinski definition) is 7. The maximum atomic E-state index is 13.1. The Balaban J connectivity index is 1.50. The van der Waals surface area contributed by atoms with Crippen LogP contribution in [0.25, 0.3) is 5.82 Å². The third-order valence-corrected chi connectivity index (χ3v) is 5.04. The second kappa shape index (κ2) is 6.87. The van der Waals surface area contributed by atoms with Crippen molar-refractivity contribution in [1.82, 2.24) is 24.6 Å². The van der Waals surface area contributed by atoms with E-state index in [0.29, 0.717) is 43.2 Å². The maximum Gasteiger partial charge on any atom is 0.346 e. The van der Waals surface area contributed by atoms with E-state index in [1.807, 2.05) is 34.3 Å². The van der Waals surface area contributed by atoms with Gasteiger partial charge in [0.05, 0.1) is 17.4 Å². The predicted octanol–water partition coefficient (Wildman–Crippen LogP) is 0.710. The first-order valence-electron chi connectivity index (χ1n) is 8.94. The van der Waals surface area contributed by atoms with Crippen LogP contribution in [0, 0.1) is 13.8 Å². The molecule has 0 aliphatic carbocycles. The van der Waals surface area contributed by atoms with Crippen LogP contribution in [-0.2, 0) is 0 Å². The van der Waals surface area contributed by atoms with E-state index in [4.69, 9.17) is 10.3 Å². The number of H-pyrrole nitrogens is 1. The second-order valence-electron chi connectivity index (χ2n) is 6.74. The highest BCUT2D eigenvalue weighted by molar-refractivity contribution is 5.96. The van der Waals surface area contributed by atoms with Crippen molar-refractivity contribution in [3.63, 3.8) is 0 Å². The summed E-state index contributed by atoms with van der Waals surface area (Å²) in [4.78, 5) is 34.4. The number of carbonyl (C=O) groups is 1. The molecule has 1 aliphatic heterocycles. The fourth-order valence-corrected chi connectivity index (χ4v) is 3.63. The summed E-state index contributed by atoms with van der Waals surface area (Å²) in [6, 6.07) is 3.64. The molecule has 1 saturated heterocycles. The summed E-state index contributed by atoms with van der Waals surface area (Å²) in [6.07, 6.45) is 2.98. The van der Waals surface area contributed by atoms with Crippen molar-refractivity contribution < 1.29 is 9.32 Å². The van der Waals surface area contributed by atoms with Crippen LogP contribution in [0.5, 0.6) is 0 Å². The van der Waals surface area contributed by atoms with Gasteiger partial charge in [0.15, 0.2) is 5.82 Å². The summed E-state index contributed by atoms with van der Waals surface area (Å²) in [7, 11) is 0. The number of anilines is 2. The molecular formula is C18H21N7O3. The quantitative estimate of drug-likeness (QED) is 0.682. The van der Waals surface area contributed by atoms with Crippen LogP contribution in [0.2, 0.25) is 0 Å². The van der Waals surface area contributed by atoms with Gasteiger partial charge in [0.2, 0.25) is 0 Å². The molecule has 0 bridgehead atoms. The molecule has 4 heterocycles. The van der Waals surface area contributed by atoms with Gasteiger partial charge in [-0.2, -0.15) is 4.98 Å². The molecule has 3 N–H and O–H groups in total. The minimum absolute atomic E-state index is 0.0185. The Kier molecular flexibility index (Phi) is 4.38. The van der Waals surface area contributed by atoms with Crippen LogP contribution in [0.1, 0.15) is 21.7 Å². The number of aromatic amines is 1. The van der Waals surface area contributed by atoms with E-state index in [1.54, 1.807) is 6.07 Å². The topological polar surface area (TPSA) is 126 Å². The van der Waals surface area contributed by atoms with Crippen LogP contribution < -0.4 is 16.3 Å². The number of amides is 1. The molecule has 3 aromatic rings. The van der Waals surface area contributed by atoms with Crippen molar-refractivity contribution in [3.8, 4) is 5.82 Å². The Morgan fingerprint density at radius 3 is 2.64 bits per heavy atom. The number of aryl methyl sites for hydroxylation is 1. The number of carbonyl (C=O) groups excluding carboxylic acids is 1. The highest BCUT2D eigenvalue weighted by Crippen LogP contribution is 2.23. The van der Waals surface area contributed by atoms with E-state index in [2.05, 4.69) is 15.1 Å². The first kappa shape index (κ1) is 17.8. The molecule has 4 rings (SSSR count). The molecule has 3 aromatic heterocycles. The monoisotopic (exact) mass is 383 g/mol. The summed E-state index contributed by atoms with van der Waals surface area (Å²) in [5.41, 5.74) is 8.49. The van der Waals surface area contributed by atoms with E-state index >= 15 is 0 Å². The van der Waals surface area contributed by atoms with Crippen molar-refractivity contribution in [2.24, 2.45) is 0 Å². The highest BCUT2D eigenvalue weighted by Gasteiger charge is 2.26. The lowest BCUT2D eigenvalue weighted by Gasteiger charge is -2.36. The molecule has 0 saturated carbocycles. The lowest BCUT2D eigenvalue weighted by Crippen LogP contribution is -2.49. The average molecular weight is 383 g/mol. The number of piperazine rings is 1. The Labute approximate surface area is 160 Å². The molecule has 1 aliphatic rings. The Hall–Kier alpha value is -3.56. The van der Waals surface area contributed by atoms with Gasteiger partial charge in [-0.15, -0.1) is 0 Å². The standard InChI is InChI=1S/C18H21N7O3/c1-11-9-13(12(2)25(11)15-3-8-28-22-15)17(26)24-6-4-23(5-7-24)14-10-20-18(27)21-16(14)19/h3,8-10H,4-7H2,1-2H3,(H3,19,20,21,27). The van der Waals surface area contributed by atoms with Gasteiger partial charge in [-0.05, 0) is 19.9 Å². The van der Waals surface area contributed by atoms with E-state index < -0.39 is 5.69 Å². The lowest BCUT2D eigenvalue weighted by molar-refractivity contribution is 0.0746. The van der Waals surface area contributed by atoms with Gasteiger partial charge in [0.1, 0.15) is 12.1 Å². The number of nitrogen functional groups attached to an aromatic ring is 1. The number of nitrogens with zero attached hydrogens (tertiary/aromatic N) is 5. The summed E-state index contributed by atoms with van der Waals surface area (Å²) in [5.74, 6) is 0.922. The SMILES string of the molecule is Cc1cc(C(=O)N2CCN(c3cnc(=O)[nH]c3N)CC2)c(C)n1-c1ccon1. The maximum absolute atomic E-state index is 13.1. The van der Waals surface area contributed by atoms with Gasteiger partial charge >= 0.3 is 5.69 Å². The van der Waals surface area contributed by atoms with Crippen molar-refractivity contribution >= 4 is 17.4 Å². The Morgan fingerprint density at radius 2 is 2.00 bits per heavy atom. The smallest absolute Gasteiger partial charge is 0.346 e. The van der Waals surface area contributed by atoms with Crippen LogP contribution in [0.4, 0.5) is 11.5 Å². The largest absolute Gasteiger partial charge is 0.383 e. The number of aromatic nitrogens is 4. The second-order valence-corrected chi connectivity index (χ2v) is 6.74. The molecule has 0 unspecified atom stereocenters. The fourth-order valence-electron chi connectivity index (χ4n) is 3.63. The molecule has 0 spiro atoms. The van der Waals surface area contributed by atoms with Crippen LogP contribution in [0.15, 0.2) is 33.9 Å². The molecule has 10 nitrogen and oxygen atoms in total. The number of hydrogen-bond donors (Lipinski definition) is 2. The molecule has 1 fully saturated rings. The number of nitrogens with two attached hydrogens (primary N) is 1. The Morgan fingerprint density at radius 1 is 1.25 bits per heavy atom. The van der Waals surface area contributed by atoms with E-state index in [0.717, 1.165) is 11.4 Å². The van der Waals surface area contributed by atoms with Gasteiger partial charge in [0, 0.05) is 43.6 Å². The van der Waals surface area contributed by atoms with Crippen molar-refractivity contribution in [3.05, 3.63) is 52.0 Å². The van der Waals surface area contributed by atoms with E-state index in [1.165, 1.54) is 12.5 Å². The summed E-state index contributed by atoms with van der Waals surface area (Å²) < 4.78 is 6.83. The van der Waals surface area contributed by atoms with E-state index in [-0.39, 0.29) is 11.7 Å². The lowest BCUT2D eigenvalue weighted by atomic mass is 10.2. The summed E-state index contributed by atoms with van der Waals surface area (Å²) in [5, 5.41) is 3.96.